The standard InChI is InChI=1S/C20H30N2O4/c1-5-25-19-15(9-7-11-23)16(20(2,3)4)12-17(26-19)18(24)22-14-8-6-10-21-13-14/h6,8,10,12-13,15-16,19,23H,5,7,9,11H2,1-4H3,(H,22,24)/t15-,16-,19+/m0/s1. The van der Waals surface area contributed by atoms with Crippen LogP contribution >= 0.6 is 0 Å². The number of aliphatic hydroxyl groups is 1. The van der Waals surface area contributed by atoms with Gasteiger partial charge >= 0.3 is 0 Å². The number of nitrogens with one attached hydrogen (secondary N) is 1. The molecule has 0 fully saturated rings. The SMILES string of the molecule is CCO[C@@H]1OC(C(=O)Nc2cccnc2)=C[C@H](C(C)(C)C)[C@@H]1CCCO. The number of aliphatic hydroxyl groups excluding tert-OH is 1. The van der Waals surface area contributed by atoms with Crippen molar-refractivity contribution in [2.24, 2.45) is 17.3 Å². The summed E-state index contributed by atoms with van der Waals surface area (Å²) in [6, 6.07) is 3.54. The number of carbonyl (C=O) groups is 1. The average Bonchev–Trinajstić information content (AvgIpc) is 2.60. The smallest absolute Gasteiger partial charge is 0.290 e. The number of anilines is 1. The summed E-state index contributed by atoms with van der Waals surface area (Å²) in [5.74, 6) is 0.135. The first kappa shape index (κ1) is 20.4. The van der Waals surface area contributed by atoms with Crippen molar-refractivity contribution in [3.8, 4) is 0 Å². The molecule has 0 aliphatic carbocycles. The van der Waals surface area contributed by atoms with Crippen LogP contribution in [0.2, 0.25) is 0 Å². The topological polar surface area (TPSA) is 80.7 Å². The molecule has 1 amide bonds. The van der Waals surface area contributed by atoms with Gasteiger partial charge in [0, 0.05) is 25.3 Å². The molecule has 0 saturated carbocycles. The van der Waals surface area contributed by atoms with E-state index in [1.54, 1.807) is 24.5 Å². The lowest BCUT2D eigenvalue weighted by Crippen LogP contribution is -2.42. The molecule has 2 N–H and O–H groups in total. The van der Waals surface area contributed by atoms with E-state index in [1.807, 2.05) is 13.0 Å². The van der Waals surface area contributed by atoms with Gasteiger partial charge in [0.25, 0.3) is 5.91 Å². The van der Waals surface area contributed by atoms with Crippen LogP contribution in [-0.4, -0.2) is 35.5 Å². The van der Waals surface area contributed by atoms with Gasteiger partial charge in [-0.15, -0.1) is 0 Å². The van der Waals surface area contributed by atoms with Crippen molar-refractivity contribution in [1.29, 1.82) is 0 Å². The van der Waals surface area contributed by atoms with E-state index >= 15 is 0 Å². The van der Waals surface area contributed by atoms with E-state index in [0.717, 1.165) is 6.42 Å². The van der Waals surface area contributed by atoms with Crippen molar-refractivity contribution in [2.45, 2.75) is 46.8 Å². The lowest BCUT2D eigenvalue weighted by Gasteiger charge is -2.42. The molecular weight excluding hydrogens is 332 g/mol. The minimum atomic E-state index is -0.504. The zero-order valence-corrected chi connectivity index (χ0v) is 16.1. The van der Waals surface area contributed by atoms with Gasteiger partial charge in [0.15, 0.2) is 5.76 Å². The fourth-order valence-corrected chi connectivity index (χ4v) is 3.32. The van der Waals surface area contributed by atoms with Crippen molar-refractivity contribution < 1.29 is 19.4 Å². The predicted octanol–water partition coefficient (Wildman–Crippen LogP) is 3.35. The highest BCUT2D eigenvalue weighted by Crippen LogP contribution is 2.42. The fraction of sp³-hybridized carbons (Fsp3) is 0.600. The minimum absolute atomic E-state index is 0.0704. The van der Waals surface area contributed by atoms with Gasteiger partial charge in [-0.2, -0.15) is 0 Å². The molecule has 0 aromatic carbocycles. The average molecular weight is 362 g/mol. The Labute approximate surface area is 155 Å². The Bertz CT molecular complexity index is 610. The summed E-state index contributed by atoms with van der Waals surface area (Å²) in [7, 11) is 0. The van der Waals surface area contributed by atoms with Crippen molar-refractivity contribution in [3.05, 3.63) is 36.4 Å². The second-order valence-corrected chi connectivity index (χ2v) is 7.59. The largest absolute Gasteiger partial charge is 0.459 e. The Hall–Kier alpha value is -1.92. The fourth-order valence-electron chi connectivity index (χ4n) is 3.32. The Morgan fingerprint density at radius 1 is 1.42 bits per heavy atom. The number of amides is 1. The molecule has 0 unspecified atom stereocenters. The normalized spacial score (nSPS) is 23.1. The molecule has 1 aromatic heterocycles. The summed E-state index contributed by atoms with van der Waals surface area (Å²) >= 11 is 0. The second kappa shape index (κ2) is 9.14. The molecule has 6 nitrogen and oxygen atoms in total. The quantitative estimate of drug-likeness (QED) is 0.777. The number of aromatic nitrogens is 1. The summed E-state index contributed by atoms with van der Waals surface area (Å²) in [4.78, 5) is 16.7. The van der Waals surface area contributed by atoms with Crippen molar-refractivity contribution in [3.63, 3.8) is 0 Å². The molecule has 3 atom stereocenters. The zero-order valence-electron chi connectivity index (χ0n) is 16.1. The third-order valence-corrected chi connectivity index (χ3v) is 4.55. The predicted molar refractivity (Wildman–Crippen MR) is 100 cm³/mol. The molecule has 2 rings (SSSR count). The highest BCUT2D eigenvalue weighted by Gasteiger charge is 2.42. The third-order valence-electron chi connectivity index (χ3n) is 4.55. The molecule has 0 radical (unpaired) electrons. The molecule has 1 aromatic rings. The number of carbonyl (C=O) groups excluding carboxylic acids is 1. The first-order chi connectivity index (χ1) is 12.4. The molecule has 0 bridgehead atoms. The maximum Gasteiger partial charge on any atom is 0.290 e. The van der Waals surface area contributed by atoms with Crippen LogP contribution in [0.3, 0.4) is 0 Å². The van der Waals surface area contributed by atoms with Crippen LogP contribution in [0.25, 0.3) is 0 Å². The van der Waals surface area contributed by atoms with Gasteiger partial charge in [-0.05, 0) is 49.3 Å². The Kier molecular flexibility index (Phi) is 7.17. The van der Waals surface area contributed by atoms with Crippen LogP contribution in [0.4, 0.5) is 5.69 Å². The molecule has 0 spiro atoms. The highest BCUT2D eigenvalue weighted by atomic mass is 16.7. The maximum atomic E-state index is 12.7. The van der Waals surface area contributed by atoms with E-state index in [0.29, 0.717) is 18.7 Å². The molecule has 1 aliphatic rings. The van der Waals surface area contributed by atoms with Gasteiger partial charge in [0.05, 0.1) is 11.9 Å². The maximum absolute atomic E-state index is 12.7. The summed E-state index contributed by atoms with van der Waals surface area (Å²) < 4.78 is 11.7. The number of pyridine rings is 1. The number of nitrogens with zero attached hydrogens (tertiary/aromatic N) is 1. The highest BCUT2D eigenvalue weighted by molar-refractivity contribution is 6.02. The lowest BCUT2D eigenvalue weighted by atomic mass is 9.70. The second-order valence-electron chi connectivity index (χ2n) is 7.59. The van der Waals surface area contributed by atoms with E-state index in [1.165, 1.54) is 0 Å². The number of hydrogen-bond acceptors (Lipinski definition) is 5. The number of ether oxygens (including phenoxy) is 2. The number of hydrogen-bond donors (Lipinski definition) is 2. The summed E-state index contributed by atoms with van der Waals surface area (Å²) in [5.41, 5.74) is 0.545. The van der Waals surface area contributed by atoms with Crippen LogP contribution in [0, 0.1) is 17.3 Å². The van der Waals surface area contributed by atoms with Crippen LogP contribution in [0.1, 0.15) is 40.5 Å². The Morgan fingerprint density at radius 2 is 2.19 bits per heavy atom. The van der Waals surface area contributed by atoms with Gasteiger partial charge < -0.3 is 19.9 Å². The zero-order chi connectivity index (χ0) is 19.2. The summed E-state index contributed by atoms with van der Waals surface area (Å²) in [6.45, 7) is 8.96. The summed E-state index contributed by atoms with van der Waals surface area (Å²) in [5, 5.41) is 12.1. The lowest BCUT2D eigenvalue weighted by molar-refractivity contribution is -0.178. The van der Waals surface area contributed by atoms with Crippen LogP contribution in [0.5, 0.6) is 0 Å². The van der Waals surface area contributed by atoms with Gasteiger partial charge in [-0.25, -0.2) is 0 Å². The van der Waals surface area contributed by atoms with E-state index in [-0.39, 0.29) is 35.5 Å². The molecule has 144 valence electrons. The van der Waals surface area contributed by atoms with Crippen LogP contribution in [0.15, 0.2) is 36.4 Å². The Morgan fingerprint density at radius 3 is 2.77 bits per heavy atom. The first-order valence-corrected chi connectivity index (χ1v) is 9.19. The molecular formula is C20H30N2O4. The van der Waals surface area contributed by atoms with Gasteiger partial charge in [0.2, 0.25) is 6.29 Å². The number of allylic oxidation sites excluding steroid dienone is 1. The molecule has 2 heterocycles. The van der Waals surface area contributed by atoms with Crippen LogP contribution in [-0.2, 0) is 14.3 Å². The third kappa shape index (κ3) is 5.29. The van der Waals surface area contributed by atoms with Crippen molar-refractivity contribution in [2.75, 3.05) is 18.5 Å². The molecule has 0 saturated heterocycles. The van der Waals surface area contributed by atoms with Crippen molar-refractivity contribution in [1.82, 2.24) is 4.98 Å². The van der Waals surface area contributed by atoms with Gasteiger partial charge in [-0.1, -0.05) is 20.8 Å². The minimum Gasteiger partial charge on any atom is -0.459 e. The molecule has 6 heteroatoms. The number of rotatable bonds is 7. The van der Waals surface area contributed by atoms with E-state index in [2.05, 4.69) is 31.1 Å². The van der Waals surface area contributed by atoms with E-state index in [9.17, 15) is 9.90 Å². The van der Waals surface area contributed by atoms with Crippen LogP contribution < -0.4 is 5.32 Å². The molecule has 26 heavy (non-hydrogen) atoms. The van der Waals surface area contributed by atoms with E-state index in [4.69, 9.17) is 9.47 Å². The van der Waals surface area contributed by atoms with E-state index < -0.39 is 6.29 Å². The molecule has 1 aliphatic heterocycles. The first-order valence-electron chi connectivity index (χ1n) is 9.19. The van der Waals surface area contributed by atoms with Gasteiger partial charge in [-0.3, -0.25) is 9.78 Å². The summed E-state index contributed by atoms with van der Waals surface area (Å²) in [6.07, 6.45) is 6.09. The van der Waals surface area contributed by atoms with Crippen molar-refractivity contribution >= 4 is 11.6 Å². The Balaban J connectivity index is 2.27. The van der Waals surface area contributed by atoms with Gasteiger partial charge in [0.1, 0.15) is 0 Å². The monoisotopic (exact) mass is 362 g/mol.